The number of benzene rings is 1. The summed E-state index contributed by atoms with van der Waals surface area (Å²) in [5.74, 6) is -1.43. The van der Waals surface area contributed by atoms with E-state index in [9.17, 15) is 14.3 Å². The van der Waals surface area contributed by atoms with E-state index in [1.165, 1.54) is 12.1 Å². The zero-order valence-electron chi connectivity index (χ0n) is 9.94. The molecule has 1 aromatic heterocycles. The van der Waals surface area contributed by atoms with Crippen LogP contribution >= 0.6 is 11.6 Å². The summed E-state index contributed by atoms with van der Waals surface area (Å²) in [7, 11) is 0. The van der Waals surface area contributed by atoms with Gasteiger partial charge in [-0.15, -0.1) is 0 Å². The quantitative estimate of drug-likeness (QED) is 0.923. The maximum atomic E-state index is 13.2. The van der Waals surface area contributed by atoms with Crippen molar-refractivity contribution in [3.8, 4) is 11.3 Å². The van der Waals surface area contributed by atoms with Crippen molar-refractivity contribution >= 4 is 17.6 Å². The van der Waals surface area contributed by atoms with Gasteiger partial charge in [0.15, 0.2) is 0 Å². The highest BCUT2D eigenvalue weighted by Crippen LogP contribution is 2.40. The molecule has 1 aliphatic rings. The molecule has 1 aliphatic carbocycles. The van der Waals surface area contributed by atoms with E-state index in [1.807, 2.05) is 0 Å². The summed E-state index contributed by atoms with van der Waals surface area (Å²) in [5, 5.41) is 9.23. The molecule has 0 unspecified atom stereocenters. The van der Waals surface area contributed by atoms with Crippen molar-refractivity contribution in [2.45, 2.75) is 18.9 Å². The zero-order chi connectivity index (χ0) is 13.6. The van der Waals surface area contributed by atoms with Crippen LogP contribution in [-0.4, -0.2) is 15.6 Å². The Balaban J connectivity index is 2.14. The minimum absolute atomic E-state index is 0.0397. The molecule has 1 aromatic carbocycles. The third kappa shape index (κ3) is 2.12. The Morgan fingerprint density at radius 1 is 1.32 bits per heavy atom. The van der Waals surface area contributed by atoms with Crippen LogP contribution in [0, 0.1) is 5.82 Å². The van der Waals surface area contributed by atoms with E-state index in [0.29, 0.717) is 0 Å². The molecule has 0 aliphatic heterocycles. The largest absolute Gasteiger partial charge is 0.477 e. The van der Waals surface area contributed by atoms with Crippen molar-refractivity contribution in [3.63, 3.8) is 0 Å². The number of carboxylic acid groups (broad SMARTS) is 1. The van der Waals surface area contributed by atoms with Crippen LogP contribution in [0.4, 0.5) is 4.39 Å². The average Bonchev–Trinajstić information content (AvgIpc) is 3.11. The van der Waals surface area contributed by atoms with Gasteiger partial charge in [-0.1, -0.05) is 11.6 Å². The first-order chi connectivity index (χ1) is 9.08. The lowest BCUT2D eigenvalue weighted by molar-refractivity contribution is 0.0685. The smallest absolute Gasteiger partial charge is 0.352 e. The van der Waals surface area contributed by atoms with Gasteiger partial charge in [0.2, 0.25) is 0 Å². The van der Waals surface area contributed by atoms with Gasteiger partial charge in [0.1, 0.15) is 11.5 Å². The lowest BCUT2D eigenvalue weighted by Crippen LogP contribution is -2.08. The summed E-state index contributed by atoms with van der Waals surface area (Å²) < 4.78 is 15.0. The summed E-state index contributed by atoms with van der Waals surface area (Å²) >= 11 is 5.78. The van der Waals surface area contributed by atoms with E-state index in [4.69, 9.17) is 11.6 Å². The molecule has 0 amide bonds. The van der Waals surface area contributed by atoms with Crippen molar-refractivity contribution in [1.29, 1.82) is 0 Å². The predicted molar refractivity (Wildman–Crippen MR) is 70.1 cm³/mol. The second-order valence-electron chi connectivity index (χ2n) is 4.64. The molecule has 5 heteroatoms. The van der Waals surface area contributed by atoms with Gasteiger partial charge < -0.3 is 9.67 Å². The number of carboxylic acids is 1. The number of rotatable bonds is 3. The van der Waals surface area contributed by atoms with Gasteiger partial charge in [-0.25, -0.2) is 9.18 Å². The number of aromatic nitrogens is 1. The Labute approximate surface area is 114 Å². The van der Waals surface area contributed by atoms with Crippen molar-refractivity contribution in [2.75, 3.05) is 0 Å². The summed E-state index contributed by atoms with van der Waals surface area (Å²) in [6.07, 6.45) is 1.94. The Kier molecular flexibility index (Phi) is 2.82. The number of carbonyl (C=O) groups is 1. The first-order valence-corrected chi connectivity index (χ1v) is 6.35. The molecule has 0 radical (unpaired) electrons. The van der Waals surface area contributed by atoms with E-state index in [-0.39, 0.29) is 16.8 Å². The number of nitrogens with zero attached hydrogens (tertiary/aromatic N) is 1. The minimum atomic E-state index is -0.952. The topological polar surface area (TPSA) is 42.2 Å². The first kappa shape index (κ1) is 12.2. The molecule has 19 heavy (non-hydrogen) atoms. The van der Waals surface area contributed by atoms with Gasteiger partial charge in [0.05, 0.1) is 5.02 Å². The fourth-order valence-electron chi connectivity index (χ4n) is 2.24. The Hall–Kier alpha value is -1.81. The van der Waals surface area contributed by atoms with Crippen LogP contribution in [0.15, 0.2) is 30.3 Å². The molecule has 0 saturated heterocycles. The number of aromatic carboxylic acids is 1. The van der Waals surface area contributed by atoms with Gasteiger partial charge in [-0.05, 0) is 48.7 Å². The van der Waals surface area contributed by atoms with E-state index < -0.39 is 11.8 Å². The van der Waals surface area contributed by atoms with E-state index >= 15 is 0 Å². The van der Waals surface area contributed by atoms with Crippen molar-refractivity contribution in [2.24, 2.45) is 0 Å². The summed E-state index contributed by atoms with van der Waals surface area (Å²) in [5.41, 5.74) is 1.76. The Morgan fingerprint density at radius 2 is 2.05 bits per heavy atom. The third-order valence-electron chi connectivity index (χ3n) is 3.26. The van der Waals surface area contributed by atoms with Crippen LogP contribution < -0.4 is 0 Å². The summed E-state index contributed by atoms with van der Waals surface area (Å²) in [4.78, 5) is 11.2. The van der Waals surface area contributed by atoms with Gasteiger partial charge in [-0.3, -0.25) is 0 Å². The fraction of sp³-hybridized carbons (Fsp3) is 0.214. The number of hydrogen-bond donors (Lipinski definition) is 1. The second kappa shape index (κ2) is 4.38. The van der Waals surface area contributed by atoms with Crippen LogP contribution in [0.5, 0.6) is 0 Å². The monoisotopic (exact) mass is 279 g/mol. The lowest BCUT2D eigenvalue weighted by atomic mass is 10.1. The van der Waals surface area contributed by atoms with Crippen molar-refractivity contribution in [3.05, 3.63) is 46.9 Å². The minimum Gasteiger partial charge on any atom is -0.477 e. The van der Waals surface area contributed by atoms with Crippen molar-refractivity contribution in [1.82, 2.24) is 4.57 Å². The van der Waals surface area contributed by atoms with Crippen LogP contribution in [0.3, 0.4) is 0 Å². The van der Waals surface area contributed by atoms with E-state index in [0.717, 1.165) is 24.1 Å². The number of halogens is 2. The molecule has 3 nitrogen and oxygen atoms in total. The highest BCUT2D eigenvalue weighted by atomic mass is 35.5. The summed E-state index contributed by atoms with van der Waals surface area (Å²) in [6, 6.07) is 7.97. The highest BCUT2D eigenvalue weighted by molar-refractivity contribution is 6.31. The highest BCUT2D eigenvalue weighted by Gasteiger charge is 2.30. The second-order valence-corrected chi connectivity index (χ2v) is 5.05. The molecule has 1 N–H and O–H groups in total. The lowest BCUT2D eigenvalue weighted by Gasteiger charge is -2.11. The van der Waals surface area contributed by atoms with Crippen LogP contribution in [-0.2, 0) is 0 Å². The zero-order valence-corrected chi connectivity index (χ0v) is 10.7. The molecule has 0 bridgehead atoms. The predicted octanol–water partition coefficient (Wildman–Crippen LogP) is 3.98. The van der Waals surface area contributed by atoms with Gasteiger partial charge in [0.25, 0.3) is 0 Å². The number of hydrogen-bond acceptors (Lipinski definition) is 1. The molecule has 1 fully saturated rings. The van der Waals surface area contributed by atoms with Gasteiger partial charge in [0, 0.05) is 11.7 Å². The Morgan fingerprint density at radius 3 is 2.63 bits per heavy atom. The molecule has 1 saturated carbocycles. The molecule has 0 atom stereocenters. The SMILES string of the molecule is O=C(O)c1ccc(-c2ccc(F)c(Cl)c2)n1C1CC1. The Bertz CT molecular complexity index is 661. The average molecular weight is 280 g/mol. The van der Waals surface area contributed by atoms with Crippen LogP contribution in [0.2, 0.25) is 5.02 Å². The molecule has 1 heterocycles. The standard InChI is InChI=1S/C14H11ClFNO2/c15-10-7-8(1-4-11(10)16)12-5-6-13(14(18)19)17(12)9-2-3-9/h1,4-7,9H,2-3H2,(H,18,19). The molecular formula is C14H11ClFNO2. The molecule has 0 spiro atoms. The molecule has 98 valence electrons. The van der Waals surface area contributed by atoms with E-state index in [2.05, 4.69) is 0 Å². The van der Waals surface area contributed by atoms with E-state index in [1.54, 1.807) is 22.8 Å². The first-order valence-electron chi connectivity index (χ1n) is 5.98. The molecular weight excluding hydrogens is 269 g/mol. The normalized spacial score (nSPS) is 14.6. The summed E-state index contributed by atoms with van der Waals surface area (Å²) in [6.45, 7) is 0. The van der Waals surface area contributed by atoms with Crippen LogP contribution in [0.25, 0.3) is 11.3 Å². The van der Waals surface area contributed by atoms with Crippen LogP contribution in [0.1, 0.15) is 29.4 Å². The van der Waals surface area contributed by atoms with Gasteiger partial charge >= 0.3 is 5.97 Å². The van der Waals surface area contributed by atoms with Gasteiger partial charge in [-0.2, -0.15) is 0 Å². The molecule has 2 aromatic rings. The maximum Gasteiger partial charge on any atom is 0.352 e. The molecule has 3 rings (SSSR count). The fourth-order valence-corrected chi connectivity index (χ4v) is 2.42. The maximum absolute atomic E-state index is 13.2. The third-order valence-corrected chi connectivity index (χ3v) is 3.55. The van der Waals surface area contributed by atoms with Crippen molar-refractivity contribution < 1.29 is 14.3 Å².